The van der Waals surface area contributed by atoms with Crippen molar-refractivity contribution in [1.82, 2.24) is 4.90 Å². The van der Waals surface area contributed by atoms with Crippen molar-refractivity contribution in [2.45, 2.75) is 0 Å². The topological polar surface area (TPSA) is 12.5 Å². The van der Waals surface area contributed by atoms with Gasteiger partial charge in [0.15, 0.2) is 0 Å². The molecule has 0 spiro atoms. The number of likely N-dealkylation sites (N-methyl/N-ethyl adjacent to an activating group) is 1. The minimum atomic E-state index is 0.663. The van der Waals surface area contributed by atoms with E-state index in [1.165, 1.54) is 0 Å². The zero-order chi connectivity index (χ0) is 5.11. The molecule has 0 unspecified atom stereocenters. The summed E-state index contributed by atoms with van der Waals surface area (Å²) in [6, 6.07) is 0. The molecule has 1 saturated heterocycles. The van der Waals surface area contributed by atoms with Gasteiger partial charge in [-0.05, 0) is 7.05 Å². The second kappa shape index (κ2) is 2.28. The van der Waals surface area contributed by atoms with Crippen molar-refractivity contribution < 1.29 is 4.74 Å². The lowest BCUT2D eigenvalue weighted by Crippen LogP contribution is -2.28. The molecule has 0 aromatic heterocycles. The van der Waals surface area contributed by atoms with Crippen molar-refractivity contribution in [3.8, 4) is 0 Å². The highest BCUT2D eigenvalue weighted by Crippen LogP contribution is 1.94. The molecule has 0 bridgehead atoms. The van der Waals surface area contributed by atoms with Crippen molar-refractivity contribution in [3.05, 3.63) is 6.54 Å². The Morgan fingerprint density at radius 1 is 1.71 bits per heavy atom. The van der Waals surface area contributed by atoms with E-state index in [1.54, 1.807) is 0 Å². The Morgan fingerprint density at radius 2 is 2.57 bits per heavy atom. The van der Waals surface area contributed by atoms with Crippen LogP contribution in [0.2, 0.25) is 0 Å². The van der Waals surface area contributed by atoms with Gasteiger partial charge in [0, 0.05) is 6.54 Å². The number of hydrogen-bond donors (Lipinski definition) is 0. The predicted molar refractivity (Wildman–Crippen MR) is 26.7 cm³/mol. The van der Waals surface area contributed by atoms with Gasteiger partial charge in [-0.1, -0.05) is 0 Å². The number of ether oxygens (including phenoxy) is 1. The van der Waals surface area contributed by atoms with E-state index < -0.39 is 0 Å². The summed E-state index contributed by atoms with van der Waals surface area (Å²) < 4.78 is 4.99. The molecule has 0 amide bonds. The zero-order valence-corrected chi connectivity index (χ0v) is 4.48. The Morgan fingerprint density at radius 3 is 2.86 bits per heavy atom. The van der Waals surface area contributed by atoms with Crippen LogP contribution in [0.5, 0.6) is 0 Å². The van der Waals surface area contributed by atoms with E-state index in [2.05, 4.69) is 6.54 Å². The van der Waals surface area contributed by atoms with Crippen molar-refractivity contribution >= 4 is 0 Å². The summed E-state index contributed by atoms with van der Waals surface area (Å²) in [7, 11) is 2.00. The van der Waals surface area contributed by atoms with E-state index in [0.29, 0.717) is 6.61 Å². The standard InChI is InChI=1S/C5H9NO/c1-6-2-4-7-5-3-6/h2,4-5H2,1H3. The Labute approximate surface area is 44.1 Å². The molecule has 0 aliphatic carbocycles. The van der Waals surface area contributed by atoms with Crippen LogP contribution in [0.1, 0.15) is 0 Å². The third kappa shape index (κ3) is 1.45. The summed E-state index contributed by atoms with van der Waals surface area (Å²) in [6.45, 7) is 5.49. The highest BCUT2D eigenvalue weighted by Gasteiger charge is 2.03. The third-order valence-electron chi connectivity index (χ3n) is 1.01. The molecule has 0 aromatic carbocycles. The first kappa shape index (κ1) is 5.06. The average molecular weight is 99.1 g/mol. The molecule has 2 nitrogen and oxygen atoms in total. The molecule has 0 aromatic rings. The molecule has 40 valence electrons. The third-order valence-corrected chi connectivity index (χ3v) is 1.01. The van der Waals surface area contributed by atoms with Gasteiger partial charge in [-0.3, -0.25) is 4.90 Å². The van der Waals surface area contributed by atoms with Crippen LogP contribution in [0.25, 0.3) is 0 Å². The Bertz CT molecular complexity index is 50.0. The number of rotatable bonds is 0. The minimum absolute atomic E-state index is 0.663. The van der Waals surface area contributed by atoms with E-state index in [-0.39, 0.29) is 0 Å². The number of hydrogen-bond acceptors (Lipinski definition) is 2. The summed E-state index contributed by atoms with van der Waals surface area (Å²) in [6.07, 6.45) is 0. The van der Waals surface area contributed by atoms with Gasteiger partial charge in [-0.2, -0.15) is 0 Å². The lowest BCUT2D eigenvalue weighted by molar-refractivity contribution is 0.0792. The molecule has 0 atom stereocenters. The minimum Gasteiger partial charge on any atom is -0.378 e. The fourth-order valence-corrected chi connectivity index (χ4v) is 0.509. The quantitative estimate of drug-likeness (QED) is 0.423. The van der Waals surface area contributed by atoms with Crippen LogP contribution in [-0.4, -0.2) is 31.7 Å². The monoisotopic (exact) mass is 99.1 g/mol. The molecule has 7 heavy (non-hydrogen) atoms. The van der Waals surface area contributed by atoms with Gasteiger partial charge in [-0.15, -0.1) is 0 Å². The first-order valence-electron chi connectivity index (χ1n) is 2.42. The van der Waals surface area contributed by atoms with E-state index >= 15 is 0 Å². The number of nitrogens with zero attached hydrogens (tertiary/aromatic N) is 1. The first-order valence-corrected chi connectivity index (χ1v) is 2.42. The summed E-state index contributed by atoms with van der Waals surface area (Å²) in [5.74, 6) is 0. The maximum atomic E-state index is 4.99. The average Bonchev–Trinajstić information content (AvgIpc) is 1.69. The van der Waals surface area contributed by atoms with E-state index in [1.807, 2.05) is 11.9 Å². The molecule has 2 heteroatoms. The van der Waals surface area contributed by atoms with Crippen molar-refractivity contribution in [3.63, 3.8) is 0 Å². The second-order valence-corrected chi connectivity index (χ2v) is 1.63. The second-order valence-electron chi connectivity index (χ2n) is 1.63. The van der Waals surface area contributed by atoms with E-state index in [0.717, 1.165) is 13.2 Å². The van der Waals surface area contributed by atoms with Crippen LogP contribution in [0.4, 0.5) is 0 Å². The Hall–Kier alpha value is -0.0800. The number of morpholine rings is 1. The van der Waals surface area contributed by atoms with Crippen molar-refractivity contribution in [2.24, 2.45) is 0 Å². The lowest BCUT2D eigenvalue weighted by atomic mass is 10.5. The van der Waals surface area contributed by atoms with Crippen molar-refractivity contribution in [2.75, 3.05) is 26.8 Å². The molecule has 1 fully saturated rings. The van der Waals surface area contributed by atoms with Gasteiger partial charge in [0.05, 0.1) is 19.8 Å². The molecule has 2 radical (unpaired) electrons. The SMILES string of the molecule is CN1[C]COCC1. The maximum Gasteiger partial charge on any atom is 0.0897 e. The fraction of sp³-hybridized carbons (Fsp3) is 0.800. The van der Waals surface area contributed by atoms with Crippen LogP contribution < -0.4 is 0 Å². The molecule has 1 rings (SSSR count). The summed E-state index contributed by atoms with van der Waals surface area (Å²) in [4.78, 5) is 2.02. The van der Waals surface area contributed by atoms with Crippen LogP contribution in [0.3, 0.4) is 0 Å². The van der Waals surface area contributed by atoms with Gasteiger partial charge in [0.25, 0.3) is 0 Å². The van der Waals surface area contributed by atoms with Crippen LogP contribution in [0, 0.1) is 6.54 Å². The molecule has 0 saturated carbocycles. The zero-order valence-electron chi connectivity index (χ0n) is 4.48. The van der Waals surface area contributed by atoms with Crippen LogP contribution in [0.15, 0.2) is 0 Å². The molecule has 0 N–H and O–H groups in total. The highest BCUT2D eigenvalue weighted by atomic mass is 16.5. The lowest BCUT2D eigenvalue weighted by Gasteiger charge is -2.19. The van der Waals surface area contributed by atoms with E-state index in [9.17, 15) is 0 Å². The van der Waals surface area contributed by atoms with Gasteiger partial charge in [0.2, 0.25) is 0 Å². The fourth-order valence-electron chi connectivity index (χ4n) is 0.509. The van der Waals surface area contributed by atoms with Crippen LogP contribution in [-0.2, 0) is 4.74 Å². The molecular formula is C5H9NO. The van der Waals surface area contributed by atoms with Crippen molar-refractivity contribution in [1.29, 1.82) is 0 Å². The Kier molecular flexibility index (Phi) is 1.65. The van der Waals surface area contributed by atoms with Gasteiger partial charge in [-0.25, -0.2) is 0 Å². The smallest absolute Gasteiger partial charge is 0.0897 e. The highest BCUT2D eigenvalue weighted by molar-refractivity contribution is 4.66. The molecular weight excluding hydrogens is 90.1 g/mol. The van der Waals surface area contributed by atoms with Gasteiger partial charge < -0.3 is 4.74 Å². The Balaban J connectivity index is 2.12. The first-order chi connectivity index (χ1) is 3.39. The summed E-state index contributed by atoms with van der Waals surface area (Å²) in [5, 5.41) is 0. The maximum absolute atomic E-state index is 4.99. The molecule has 1 aliphatic rings. The summed E-state index contributed by atoms with van der Waals surface area (Å²) in [5.41, 5.74) is 0. The largest absolute Gasteiger partial charge is 0.378 e. The normalized spacial score (nSPS) is 25.3. The summed E-state index contributed by atoms with van der Waals surface area (Å²) >= 11 is 0. The van der Waals surface area contributed by atoms with Gasteiger partial charge in [0.1, 0.15) is 0 Å². The molecule has 1 aliphatic heterocycles. The van der Waals surface area contributed by atoms with Gasteiger partial charge >= 0.3 is 0 Å². The van der Waals surface area contributed by atoms with E-state index in [4.69, 9.17) is 4.74 Å². The van der Waals surface area contributed by atoms with Crippen LogP contribution >= 0.6 is 0 Å². The predicted octanol–water partition coefficient (Wildman–Crippen LogP) is -0.0128. The molecule has 1 heterocycles.